The van der Waals surface area contributed by atoms with Crippen molar-refractivity contribution in [1.82, 2.24) is 9.62 Å². The molecule has 0 spiro atoms. The first kappa shape index (κ1) is 20.9. The first-order chi connectivity index (χ1) is 12.8. The van der Waals surface area contributed by atoms with E-state index in [1.165, 1.54) is 16.7 Å². The van der Waals surface area contributed by atoms with Crippen LogP contribution in [0, 0.1) is 19.8 Å². The minimum Gasteiger partial charge on any atom is -0.302 e. The van der Waals surface area contributed by atoms with E-state index in [0.717, 1.165) is 57.3 Å². The Labute approximate surface area is 166 Å². The molecular formula is C20H32N3O2PS. The van der Waals surface area contributed by atoms with Crippen LogP contribution in [0.2, 0.25) is 0 Å². The Morgan fingerprint density at radius 2 is 1.78 bits per heavy atom. The van der Waals surface area contributed by atoms with Crippen molar-refractivity contribution in [3.8, 4) is 0 Å². The fraction of sp³-hybridized carbons (Fsp3) is 0.650. The lowest BCUT2D eigenvalue weighted by Crippen LogP contribution is -2.40. The van der Waals surface area contributed by atoms with E-state index in [9.17, 15) is 8.42 Å². The molecule has 1 atom stereocenters. The molecule has 1 aromatic carbocycles. The molecule has 27 heavy (non-hydrogen) atoms. The third-order valence-electron chi connectivity index (χ3n) is 5.44. The molecule has 0 radical (unpaired) electrons. The third kappa shape index (κ3) is 6.35. The Balaban J connectivity index is 1.40. The van der Waals surface area contributed by atoms with Gasteiger partial charge in [-0.15, -0.1) is 0 Å². The van der Waals surface area contributed by atoms with Gasteiger partial charge in [-0.25, -0.2) is 13.1 Å². The molecule has 2 fully saturated rings. The molecule has 1 saturated carbocycles. The van der Waals surface area contributed by atoms with E-state index in [1.807, 2.05) is 0 Å². The first-order valence-electron chi connectivity index (χ1n) is 9.93. The maximum atomic E-state index is 11.8. The number of hydrogen-bond donors (Lipinski definition) is 1. The van der Waals surface area contributed by atoms with Gasteiger partial charge in [0.25, 0.3) is 0 Å². The monoisotopic (exact) mass is 409 g/mol. The van der Waals surface area contributed by atoms with E-state index < -0.39 is 10.0 Å². The van der Waals surface area contributed by atoms with Gasteiger partial charge in [-0.2, -0.15) is 0 Å². The molecule has 3 rings (SSSR count). The zero-order valence-corrected chi connectivity index (χ0v) is 18.4. The molecule has 0 aromatic heterocycles. The minimum atomic E-state index is -3.05. The zero-order chi connectivity index (χ0) is 19.4. The summed E-state index contributed by atoms with van der Waals surface area (Å²) in [6.07, 6.45) is 3.90. The number of sulfonamides is 1. The summed E-state index contributed by atoms with van der Waals surface area (Å²) in [4.78, 5) is 7.18. The van der Waals surface area contributed by atoms with Crippen molar-refractivity contribution in [2.75, 3.05) is 32.7 Å². The molecule has 1 N–H and O–H groups in total. The van der Waals surface area contributed by atoms with Crippen molar-refractivity contribution in [3.63, 3.8) is 0 Å². The predicted octanol–water partition coefficient (Wildman–Crippen LogP) is 2.72. The Morgan fingerprint density at radius 1 is 1.15 bits per heavy atom. The van der Waals surface area contributed by atoms with E-state index in [2.05, 4.69) is 50.9 Å². The summed E-state index contributed by atoms with van der Waals surface area (Å²) >= 11 is 0. The topological polar surface area (TPSA) is 61.8 Å². The molecule has 1 aliphatic carbocycles. The van der Waals surface area contributed by atoms with Gasteiger partial charge in [-0.3, -0.25) is 4.99 Å². The van der Waals surface area contributed by atoms with Crippen LogP contribution >= 0.6 is 9.24 Å². The van der Waals surface area contributed by atoms with Crippen molar-refractivity contribution in [2.24, 2.45) is 10.9 Å². The molecule has 150 valence electrons. The molecule has 1 aromatic rings. The SMILES string of the molecule is Cc1cc(C)cc(C(P)=NCC2CCN(CCNS(=O)(=O)C3CC3)CC2)c1. The van der Waals surface area contributed by atoms with Crippen LogP contribution in [-0.4, -0.2) is 56.7 Å². The lowest BCUT2D eigenvalue weighted by atomic mass is 9.97. The fourth-order valence-corrected chi connectivity index (χ4v) is 5.32. The van der Waals surface area contributed by atoms with Gasteiger partial charge in [-0.05, 0) is 76.2 Å². The number of benzene rings is 1. The number of aryl methyl sites for hydroxylation is 2. The molecule has 0 amide bonds. The summed E-state index contributed by atoms with van der Waals surface area (Å²) in [6.45, 7) is 8.50. The second-order valence-electron chi connectivity index (χ2n) is 8.03. The molecule has 1 heterocycles. The number of piperidine rings is 1. The highest BCUT2D eigenvalue weighted by Crippen LogP contribution is 2.27. The van der Waals surface area contributed by atoms with Crippen molar-refractivity contribution < 1.29 is 8.42 Å². The van der Waals surface area contributed by atoms with Crippen LogP contribution < -0.4 is 4.72 Å². The average molecular weight is 410 g/mol. The maximum absolute atomic E-state index is 11.8. The third-order valence-corrected chi connectivity index (χ3v) is 7.91. The van der Waals surface area contributed by atoms with Crippen LogP contribution in [0.5, 0.6) is 0 Å². The summed E-state index contributed by atoms with van der Waals surface area (Å²) in [6, 6.07) is 6.55. The van der Waals surface area contributed by atoms with Crippen molar-refractivity contribution >= 4 is 24.7 Å². The predicted molar refractivity (Wildman–Crippen MR) is 116 cm³/mol. The highest BCUT2D eigenvalue weighted by molar-refractivity contribution is 7.90. The summed E-state index contributed by atoms with van der Waals surface area (Å²) in [5.74, 6) is 0.617. The number of rotatable bonds is 8. The van der Waals surface area contributed by atoms with Gasteiger partial charge in [-0.1, -0.05) is 26.4 Å². The van der Waals surface area contributed by atoms with Gasteiger partial charge in [0.05, 0.1) is 10.7 Å². The minimum absolute atomic E-state index is 0.126. The van der Waals surface area contributed by atoms with Gasteiger partial charge < -0.3 is 4.90 Å². The standard InChI is InChI=1S/C20H32N3O2PS/c1-15-11-16(2)13-18(12-15)20(26)21-14-17-5-8-23(9-6-17)10-7-22-27(24,25)19-3-4-19/h11-13,17,19,22H,3-10,14,26H2,1-2H3. The van der Waals surface area contributed by atoms with Gasteiger partial charge in [0.2, 0.25) is 10.0 Å². The molecular weight excluding hydrogens is 377 g/mol. The summed E-state index contributed by atoms with van der Waals surface area (Å²) < 4.78 is 26.4. The Bertz CT molecular complexity index is 762. The van der Waals surface area contributed by atoms with Crippen molar-refractivity contribution in [3.05, 3.63) is 34.9 Å². The summed E-state index contributed by atoms with van der Waals surface area (Å²) in [5, 5.41) is -0.126. The molecule has 1 unspecified atom stereocenters. The molecule has 5 nitrogen and oxygen atoms in total. The number of nitrogens with one attached hydrogen (secondary N) is 1. The van der Waals surface area contributed by atoms with Gasteiger partial charge >= 0.3 is 0 Å². The number of hydrogen-bond acceptors (Lipinski definition) is 4. The number of likely N-dealkylation sites (tertiary alicyclic amines) is 1. The number of aliphatic imine (C=N–C) groups is 1. The van der Waals surface area contributed by atoms with E-state index in [4.69, 9.17) is 4.99 Å². The molecule has 1 saturated heterocycles. The average Bonchev–Trinajstić information content (AvgIpc) is 3.45. The Kier molecular flexibility index (Phi) is 7.07. The van der Waals surface area contributed by atoms with Crippen molar-refractivity contribution in [2.45, 2.75) is 44.8 Å². The lowest BCUT2D eigenvalue weighted by Gasteiger charge is -2.31. The first-order valence-corrected chi connectivity index (χ1v) is 12.1. The molecule has 0 bridgehead atoms. The van der Waals surface area contributed by atoms with Crippen LogP contribution in [0.1, 0.15) is 42.4 Å². The highest BCUT2D eigenvalue weighted by Gasteiger charge is 2.35. The van der Waals surface area contributed by atoms with Crippen molar-refractivity contribution in [1.29, 1.82) is 0 Å². The van der Waals surface area contributed by atoms with Gasteiger partial charge in [0, 0.05) is 19.6 Å². The Morgan fingerprint density at radius 3 is 2.37 bits per heavy atom. The van der Waals surface area contributed by atoms with E-state index in [0.29, 0.717) is 12.5 Å². The Hall–Kier alpha value is -0.810. The summed E-state index contributed by atoms with van der Waals surface area (Å²) in [5.41, 5.74) is 4.77. The van der Waals surface area contributed by atoms with Crippen LogP contribution in [0.25, 0.3) is 0 Å². The summed E-state index contributed by atoms with van der Waals surface area (Å²) in [7, 11) is -0.260. The normalized spacial score (nSPS) is 20.2. The van der Waals surface area contributed by atoms with Gasteiger partial charge in [0.1, 0.15) is 0 Å². The largest absolute Gasteiger partial charge is 0.302 e. The molecule has 1 aliphatic heterocycles. The zero-order valence-electron chi connectivity index (χ0n) is 16.4. The van der Waals surface area contributed by atoms with Crippen LogP contribution in [0.4, 0.5) is 0 Å². The van der Waals surface area contributed by atoms with Crippen LogP contribution in [0.15, 0.2) is 23.2 Å². The quantitative estimate of drug-likeness (QED) is 0.530. The molecule has 2 aliphatic rings. The van der Waals surface area contributed by atoms with Gasteiger partial charge in [0.15, 0.2) is 0 Å². The maximum Gasteiger partial charge on any atom is 0.214 e. The highest BCUT2D eigenvalue weighted by atomic mass is 32.2. The van der Waals surface area contributed by atoms with E-state index >= 15 is 0 Å². The number of nitrogens with zero attached hydrogens (tertiary/aromatic N) is 2. The van der Waals surface area contributed by atoms with E-state index in [1.54, 1.807) is 0 Å². The second-order valence-corrected chi connectivity index (χ2v) is 10.6. The fourth-order valence-electron chi connectivity index (χ4n) is 3.68. The van der Waals surface area contributed by atoms with E-state index in [-0.39, 0.29) is 5.25 Å². The smallest absolute Gasteiger partial charge is 0.214 e. The lowest BCUT2D eigenvalue weighted by molar-refractivity contribution is 0.191. The van der Waals surface area contributed by atoms with Crippen LogP contribution in [-0.2, 0) is 10.0 Å². The van der Waals surface area contributed by atoms with Crippen LogP contribution in [0.3, 0.4) is 0 Å². The molecule has 7 heteroatoms. The second kappa shape index (κ2) is 9.13.